The number of H-pyrrole nitrogens is 1. The number of aryl methyl sites for hydroxylation is 2. The Kier molecular flexibility index (Phi) is 6.83. The number of rotatable bonds is 4. The lowest BCUT2D eigenvalue weighted by Crippen LogP contribution is -2.52. The van der Waals surface area contributed by atoms with E-state index in [4.69, 9.17) is 0 Å². The van der Waals surface area contributed by atoms with Gasteiger partial charge in [-0.2, -0.15) is 0 Å². The van der Waals surface area contributed by atoms with Crippen LogP contribution in [0.25, 0.3) is 10.2 Å². The number of thioether (sulfide) groups is 1. The van der Waals surface area contributed by atoms with Gasteiger partial charge in [-0.05, 0) is 38.2 Å². The molecule has 148 valence electrons. The molecule has 1 saturated heterocycles. The highest BCUT2D eigenvalue weighted by Crippen LogP contribution is 2.33. The molecule has 1 fully saturated rings. The van der Waals surface area contributed by atoms with Crippen molar-refractivity contribution in [1.82, 2.24) is 20.2 Å². The van der Waals surface area contributed by atoms with E-state index in [1.807, 2.05) is 4.90 Å². The standard InChI is InChI=1S/C18H24N4O2S2.ClH/c1-11-8-19-6-7-22(11)15(23)10-25-9-14-20-17(24)16-12-4-2-3-5-13(12)26-18(16)21-14;/h11,19H,2-10H2,1H3,(H,20,21,24);1H/t11-;/m0./s1. The van der Waals surface area contributed by atoms with Crippen molar-refractivity contribution in [2.45, 2.75) is 44.4 Å². The fourth-order valence-electron chi connectivity index (χ4n) is 3.81. The van der Waals surface area contributed by atoms with Crippen molar-refractivity contribution in [3.05, 3.63) is 26.6 Å². The van der Waals surface area contributed by atoms with Gasteiger partial charge in [-0.15, -0.1) is 35.5 Å². The maximum Gasteiger partial charge on any atom is 0.259 e. The number of hydrogen-bond acceptors (Lipinski definition) is 6. The first-order valence-corrected chi connectivity index (χ1v) is 11.2. The topological polar surface area (TPSA) is 78.1 Å². The van der Waals surface area contributed by atoms with Gasteiger partial charge in [0.25, 0.3) is 5.56 Å². The maximum atomic E-state index is 12.5. The molecule has 2 aliphatic rings. The number of hydrogen-bond donors (Lipinski definition) is 2. The van der Waals surface area contributed by atoms with E-state index in [0.717, 1.165) is 49.1 Å². The van der Waals surface area contributed by atoms with E-state index in [-0.39, 0.29) is 29.9 Å². The van der Waals surface area contributed by atoms with Gasteiger partial charge in [-0.3, -0.25) is 9.59 Å². The highest BCUT2D eigenvalue weighted by molar-refractivity contribution is 7.99. The minimum absolute atomic E-state index is 0. The first-order chi connectivity index (χ1) is 12.6. The Labute approximate surface area is 172 Å². The number of piperazine rings is 1. The van der Waals surface area contributed by atoms with Gasteiger partial charge in [-0.1, -0.05) is 0 Å². The number of carbonyl (C=O) groups is 1. The second-order valence-electron chi connectivity index (χ2n) is 7.04. The Balaban J connectivity index is 0.00000210. The maximum absolute atomic E-state index is 12.5. The minimum Gasteiger partial charge on any atom is -0.337 e. The number of aromatic nitrogens is 2. The van der Waals surface area contributed by atoms with Crippen LogP contribution in [0.4, 0.5) is 0 Å². The number of halogens is 1. The molecule has 0 saturated carbocycles. The predicted molar refractivity (Wildman–Crippen MR) is 114 cm³/mol. The minimum atomic E-state index is -0.0212. The fraction of sp³-hybridized carbons (Fsp3) is 0.611. The molecule has 1 amide bonds. The number of carbonyl (C=O) groups excluding carboxylic acids is 1. The zero-order valence-electron chi connectivity index (χ0n) is 15.4. The van der Waals surface area contributed by atoms with Gasteiger partial charge in [0.2, 0.25) is 5.91 Å². The fourth-order valence-corrected chi connectivity index (χ4v) is 5.86. The monoisotopic (exact) mass is 428 g/mol. The number of amides is 1. The average Bonchev–Trinajstić information content (AvgIpc) is 3.00. The molecule has 2 aromatic rings. The summed E-state index contributed by atoms with van der Waals surface area (Å²) in [5.74, 6) is 1.82. The van der Waals surface area contributed by atoms with Crippen molar-refractivity contribution >= 4 is 51.6 Å². The summed E-state index contributed by atoms with van der Waals surface area (Å²) >= 11 is 3.19. The Morgan fingerprint density at radius 2 is 2.19 bits per heavy atom. The van der Waals surface area contributed by atoms with Crippen molar-refractivity contribution in [3.8, 4) is 0 Å². The van der Waals surface area contributed by atoms with Gasteiger partial charge in [0, 0.05) is 30.6 Å². The third-order valence-electron chi connectivity index (χ3n) is 5.16. The third kappa shape index (κ3) is 4.34. The molecule has 0 bridgehead atoms. The Bertz CT molecular complexity index is 882. The summed E-state index contributed by atoms with van der Waals surface area (Å²) < 4.78 is 0. The van der Waals surface area contributed by atoms with Crippen molar-refractivity contribution < 1.29 is 4.79 Å². The number of thiophene rings is 1. The molecular weight excluding hydrogens is 404 g/mol. The molecule has 0 aromatic carbocycles. The van der Waals surface area contributed by atoms with Crippen LogP contribution in [0.5, 0.6) is 0 Å². The largest absolute Gasteiger partial charge is 0.337 e. The zero-order valence-corrected chi connectivity index (χ0v) is 17.8. The van der Waals surface area contributed by atoms with E-state index in [1.54, 1.807) is 11.3 Å². The third-order valence-corrected chi connectivity index (χ3v) is 7.27. The van der Waals surface area contributed by atoms with Gasteiger partial charge in [0.1, 0.15) is 10.7 Å². The van der Waals surface area contributed by atoms with Crippen LogP contribution < -0.4 is 10.9 Å². The van der Waals surface area contributed by atoms with Crippen molar-refractivity contribution in [1.29, 1.82) is 0 Å². The Morgan fingerprint density at radius 1 is 1.37 bits per heavy atom. The van der Waals surface area contributed by atoms with Crippen LogP contribution in [-0.4, -0.2) is 52.2 Å². The molecule has 2 aromatic heterocycles. The molecule has 9 heteroatoms. The average molecular weight is 429 g/mol. The second kappa shape index (κ2) is 8.94. The summed E-state index contributed by atoms with van der Waals surface area (Å²) in [6, 6.07) is 0.239. The molecular formula is C18H25ClN4O2S2. The molecule has 0 unspecified atom stereocenters. The predicted octanol–water partition coefficient (Wildman–Crippen LogP) is 2.34. The second-order valence-corrected chi connectivity index (χ2v) is 9.11. The molecule has 0 spiro atoms. The van der Waals surface area contributed by atoms with Crippen LogP contribution in [0.15, 0.2) is 4.79 Å². The van der Waals surface area contributed by atoms with Gasteiger partial charge < -0.3 is 15.2 Å². The lowest BCUT2D eigenvalue weighted by molar-refractivity contribution is -0.131. The van der Waals surface area contributed by atoms with E-state index in [2.05, 4.69) is 22.2 Å². The first-order valence-electron chi connectivity index (χ1n) is 9.25. The summed E-state index contributed by atoms with van der Waals surface area (Å²) in [4.78, 5) is 36.7. The van der Waals surface area contributed by atoms with Crippen LogP contribution in [0.1, 0.15) is 36.0 Å². The summed E-state index contributed by atoms with van der Waals surface area (Å²) in [6.45, 7) is 4.54. The molecule has 1 atom stereocenters. The molecule has 6 nitrogen and oxygen atoms in total. The Hall–Kier alpha value is -1.09. The molecule has 0 radical (unpaired) electrons. The van der Waals surface area contributed by atoms with E-state index >= 15 is 0 Å². The first kappa shape index (κ1) is 20.6. The number of fused-ring (bicyclic) bond motifs is 3. The zero-order chi connectivity index (χ0) is 18.1. The summed E-state index contributed by atoms with van der Waals surface area (Å²) in [6.07, 6.45) is 4.41. The molecule has 2 N–H and O–H groups in total. The van der Waals surface area contributed by atoms with Crippen molar-refractivity contribution in [2.75, 3.05) is 25.4 Å². The van der Waals surface area contributed by atoms with Crippen molar-refractivity contribution in [2.24, 2.45) is 0 Å². The number of nitrogens with one attached hydrogen (secondary N) is 2. The van der Waals surface area contributed by atoms with Crippen LogP contribution >= 0.6 is 35.5 Å². The Morgan fingerprint density at radius 3 is 3.00 bits per heavy atom. The van der Waals surface area contributed by atoms with Gasteiger partial charge in [0.15, 0.2) is 0 Å². The molecule has 3 heterocycles. The number of aromatic amines is 1. The van der Waals surface area contributed by atoms with Gasteiger partial charge in [0.05, 0.1) is 16.9 Å². The smallest absolute Gasteiger partial charge is 0.259 e. The van der Waals surface area contributed by atoms with E-state index in [9.17, 15) is 9.59 Å². The molecule has 1 aliphatic heterocycles. The van der Waals surface area contributed by atoms with Crippen LogP contribution in [-0.2, 0) is 23.4 Å². The van der Waals surface area contributed by atoms with Crippen LogP contribution in [0.2, 0.25) is 0 Å². The SMILES string of the molecule is C[C@H]1CNCCN1C(=O)CSCc1nc2sc3c(c2c(=O)[nH]1)CCCC3.Cl. The van der Waals surface area contributed by atoms with Crippen LogP contribution in [0.3, 0.4) is 0 Å². The normalized spacial score (nSPS) is 19.6. The summed E-state index contributed by atoms with van der Waals surface area (Å²) in [5.41, 5.74) is 1.19. The summed E-state index contributed by atoms with van der Waals surface area (Å²) in [7, 11) is 0. The molecule has 1 aliphatic carbocycles. The van der Waals surface area contributed by atoms with Crippen LogP contribution in [0, 0.1) is 0 Å². The quantitative estimate of drug-likeness (QED) is 0.781. The highest BCUT2D eigenvalue weighted by Gasteiger charge is 2.23. The van der Waals surface area contributed by atoms with Gasteiger partial charge >= 0.3 is 0 Å². The molecule has 4 rings (SSSR count). The lowest BCUT2D eigenvalue weighted by Gasteiger charge is -2.33. The molecule has 27 heavy (non-hydrogen) atoms. The van der Waals surface area contributed by atoms with E-state index in [1.165, 1.54) is 28.6 Å². The lowest BCUT2D eigenvalue weighted by atomic mass is 9.97. The summed E-state index contributed by atoms with van der Waals surface area (Å²) in [5, 5.41) is 4.09. The van der Waals surface area contributed by atoms with E-state index < -0.39 is 0 Å². The van der Waals surface area contributed by atoms with Gasteiger partial charge in [-0.25, -0.2) is 4.98 Å². The van der Waals surface area contributed by atoms with E-state index in [0.29, 0.717) is 17.3 Å². The van der Waals surface area contributed by atoms with Crippen molar-refractivity contribution in [3.63, 3.8) is 0 Å². The highest BCUT2D eigenvalue weighted by atomic mass is 35.5. The number of nitrogens with zero attached hydrogens (tertiary/aromatic N) is 2.